The Hall–Kier alpha value is -0.320. The Kier molecular flexibility index (Phi) is 4.98. The van der Waals surface area contributed by atoms with Gasteiger partial charge in [0, 0.05) is 25.7 Å². The Bertz CT molecular complexity index is 479. The summed E-state index contributed by atoms with van der Waals surface area (Å²) < 4.78 is 5.95. The van der Waals surface area contributed by atoms with Crippen LogP contribution in [0.2, 0.25) is 10.0 Å². The van der Waals surface area contributed by atoms with Crippen molar-refractivity contribution in [1.29, 1.82) is 0 Å². The van der Waals surface area contributed by atoms with Crippen LogP contribution in [0.25, 0.3) is 0 Å². The summed E-state index contributed by atoms with van der Waals surface area (Å²) in [6.45, 7) is 8.45. The zero-order valence-electron chi connectivity index (χ0n) is 12.2. The highest BCUT2D eigenvalue weighted by atomic mass is 35.5. The van der Waals surface area contributed by atoms with Gasteiger partial charge in [0.15, 0.2) is 0 Å². The molecule has 0 aliphatic carbocycles. The molecule has 1 aliphatic heterocycles. The molecule has 2 atom stereocenters. The third-order valence-corrected chi connectivity index (χ3v) is 4.43. The maximum atomic E-state index is 6.35. The van der Waals surface area contributed by atoms with Crippen molar-refractivity contribution in [2.75, 3.05) is 19.6 Å². The van der Waals surface area contributed by atoms with Crippen molar-refractivity contribution in [3.05, 3.63) is 33.8 Å². The number of hydrogen-bond acceptors (Lipinski definition) is 3. The van der Waals surface area contributed by atoms with Crippen molar-refractivity contribution < 1.29 is 4.74 Å². The van der Waals surface area contributed by atoms with Gasteiger partial charge in [-0.25, -0.2) is 0 Å². The lowest BCUT2D eigenvalue weighted by Gasteiger charge is -2.45. The summed E-state index contributed by atoms with van der Waals surface area (Å²) in [5, 5.41) is 1.17. The highest BCUT2D eigenvalue weighted by molar-refractivity contribution is 6.42. The normalized spacial score (nSPS) is 24.6. The summed E-state index contributed by atoms with van der Waals surface area (Å²) in [5.41, 5.74) is 6.81. The number of rotatable bonds is 3. The van der Waals surface area contributed by atoms with E-state index in [1.54, 1.807) is 6.07 Å². The van der Waals surface area contributed by atoms with Crippen LogP contribution in [0.3, 0.4) is 0 Å². The minimum Gasteiger partial charge on any atom is -0.370 e. The molecule has 0 bridgehead atoms. The summed E-state index contributed by atoms with van der Waals surface area (Å²) >= 11 is 12.5. The molecule has 1 aromatic rings. The fourth-order valence-corrected chi connectivity index (χ4v) is 3.42. The first kappa shape index (κ1) is 16.1. The van der Waals surface area contributed by atoms with E-state index < -0.39 is 0 Å². The molecule has 1 fully saturated rings. The van der Waals surface area contributed by atoms with Gasteiger partial charge in [0.2, 0.25) is 0 Å². The number of nitrogens with two attached hydrogens (primary N) is 1. The second-order valence-corrected chi connectivity index (χ2v) is 6.80. The molecular formula is C15H22Cl2N2O. The molecule has 20 heavy (non-hydrogen) atoms. The second-order valence-electron chi connectivity index (χ2n) is 6.01. The van der Waals surface area contributed by atoms with Gasteiger partial charge < -0.3 is 10.5 Å². The van der Waals surface area contributed by atoms with Crippen LogP contribution in [-0.4, -0.2) is 36.2 Å². The highest BCUT2D eigenvalue weighted by Gasteiger charge is 2.35. The van der Waals surface area contributed by atoms with Crippen molar-refractivity contribution in [3.8, 4) is 0 Å². The van der Waals surface area contributed by atoms with Gasteiger partial charge in [-0.3, -0.25) is 4.90 Å². The van der Waals surface area contributed by atoms with E-state index in [2.05, 4.69) is 25.7 Å². The largest absolute Gasteiger partial charge is 0.370 e. The number of hydrogen-bond donors (Lipinski definition) is 1. The Labute approximate surface area is 131 Å². The van der Waals surface area contributed by atoms with E-state index in [-0.39, 0.29) is 17.7 Å². The second kappa shape index (κ2) is 6.20. The summed E-state index contributed by atoms with van der Waals surface area (Å²) in [6.07, 6.45) is 0.172. The van der Waals surface area contributed by atoms with E-state index in [4.69, 9.17) is 33.7 Å². The molecule has 112 valence electrons. The molecule has 3 nitrogen and oxygen atoms in total. The number of halogens is 2. The van der Waals surface area contributed by atoms with Gasteiger partial charge in [0.1, 0.15) is 0 Å². The van der Waals surface area contributed by atoms with Crippen LogP contribution in [0.4, 0.5) is 0 Å². The molecule has 1 aliphatic rings. The van der Waals surface area contributed by atoms with Crippen LogP contribution in [0.15, 0.2) is 18.2 Å². The quantitative estimate of drug-likeness (QED) is 0.927. The van der Waals surface area contributed by atoms with Crippen LogP contribution >= 0.6 is 23.2 Å². The SMILES string of the molecule is CC1CN(C(CN)c2cccc(Cl)c2Cl)CC(C)(C)O1. The fourth-order valence-electron chi connectivity index (χ4n) is 2.99. The average Bonchev–Trinajstić information content (AvgIpc) is 2.33. The fraction of sp³-hybridized carbons (Fsp3) is 0.600. The maximum Gasteiger partial charge on any atom is 0.0757 e. The van der Waals surface area contributed by atoms with Gasteiger partial charge in [0.25, 0.3) is 0 Å². The van der Waals surface area contributed by atoms with E-state index in [0.717, 1.165) is 18.7 Å². The van der Waals surface area contributed by atoms with E-state index in [1.165, 1.54) is 0 Å². The van der Waals surface area contributed by atoms with Gasteiger partial charge in [-0.1, -0.05) is 35.3 Å². The van der Waals surface area contributed by atoms with Gasteiger partial charge in [-0.2, -0.15) is 0 Å². The number of nitrogens with zero attached hydrogens (tertiary/aromatic N) is 1. The predicted molar refractivity (Wildman–Crippen MR) is 84.5 cm³/mol. The molecule has 5 heteroatoms. The third kappa shape index (κ3) is 3.46. The maximum absolute atomic E-state index is 6.35. The number of morpholine rings is 1. The van der Waals surface area contributed by atoms with Crippen molar-refractivity contribution in [2.24, 2.45) is 5.73 Å². The summed E-state index contributed by atoms with van der Waals surface area (Å²) in [7, 11) is 0. The molecule has 0 radical (unpaired) electrons. The molecule has 1 aromatic carbocycles. The van der Waals surface area contributed by atoms with E-state index >= 15 is 0 Å². The summed E-state index contributed by atoms with van der Waals surface area (Å²) in [5.74, 6) is 0. The van der Waals surface area contributed by atoms with Crippen molar-refractivity contribution in [1.82, 2.24) is 4.90 Å². The first-order valence-electron chi connectivity index (χ1n) is 6.90. The molecule has 0 aromatic heterocycles. The van der Waals surface area contributed by atoms with Gasteiger partial charge in [0.05, 0.1) is 21.8 Å². The topological polar surface area (TPSA) is 38.5 Å². The van der Waals surface area contributed by atoms with E-state index in [0.29, 0.717) is 16.6 Å². The zero-order valence-corrected chi connectivity index (χ0v) is 13.7. The van der Waals surface area contributed by atoms with Crippen molar-refractivity contribution in [2.45, 2.75) is 38.5 Å². The average molecular weight is 317 g/mol. The molecular weight excluding hydrogens is 295 g/mol. The monoisotopic (exact) mass is 316 g/mol. The third-order valence-electron chi connectivity index (χ3n) is 3.60. The molecule has 2 rings (SSSR count). The smallest absolute Gasteiger partial charge is 0.0757 e. The minimum absolute atomic E-state index is 0.0619. The van der Waals surface area contributed by atoms with Crippen LogP contribution in [-0.2, 0) is 4.74 Å². The van der Waals surface area contributed by atoms with Gasteiger partial charge in [-0.05, 0) is 32.4 Å². The Morgan fingerprint density at radius 1 is 1.45 bits per heavy atom. The lowest BCUT2D eigenvalue weighted by Crippen LogP contribution is -2.53. The molecule has 2 N–H and O–H groups in total. The summed E-state index contributed by atoms with van der Waals surface area (Å²) in [6, 6.07) is 5.78. The van der Waals surface area contributed by atoms with E-state index in [9.17, 15) is 0 Å². The minimum atomic E-state index is -0.184. The molecule has 1 saturated heterocycles. The van der Waals surface area contributed by atoms with Crippen LogP contribution in [0.1, 0.15) is 32.4 Å². The Morgan fingerprint density at radius 2 is 2.15 bits per heavy atom. The molecule has 0 spiro atoms. The zero-order chi connectivity index (χ0) is 14.9. The van der Waals surface area contributed by atoms with Crippen LogP contribution in [0.5, 0.6) is 0 Å². The van der Waals surface area contributed by atoms with Crippen LogP contribution < -0.4 is 5.73 Å². The molecule has 1 heterocycles. The van der Waals surface area contributed by atoms with E-state index in [1.807, 2.05) is 12.1 Å². The van der Waals surface area contributed by atoms with Gasteiger partial charge in [-0.15, -0.1) is 0 Å². The molecule has 2 unspecified atom stereocenters. The Morgan fingerprint density at radius 3 is 2.75 bits per heavy atom. The molecule has 0 saturated carbocycles. The Balaban J connectivity index is 2.30. The van der Waals surface area contributed by atoms with Crippen molar-refractivity contribution in [3.63, 3.8) is 0 Å². The van der Waals surface area contributed by atoms with Crippen LogP contribution in [0, 0.1) is 0 Å². The summed E-state index contributed by atoms with van der Waals surface area (Å²) in [4.78, 5) is 2.34. The first-order valence-corrected chi connectivity index (χ1v) is 7.65. The highest BCUT2D eigenvalue weighted by Crippen LogP contribution is 2.35. The first-order chi connectivity index (χ1) is 9.34. The predicted octanol–water partition coefficient (Wildman–Crippen LogP) is 3.49. The number of ether oxygens (including phenoxy) is 1. The standard InChI is InChI=1S/C15H22Cl2N2O/c1-10-8-19(9-15(2,3)20-10)13(7-18)11-5-4-6-12(16)14(11)17/h4-6,10,13H,7-9,18H2,1-3H3. The van der Waals surface area contributed by atoms with Gasteiger partial charge >= 0.3 is 0 Å². The number of benzene rings is 1. The van der Waals surface area contributed by atoms with Crippen molar-refractivity contribution >= 4 is 23.2 Å². The molecule has 0 amide bonds. The lowest BCUT2D eigenvalue weighted by molar-refractivity contribution is -0.137. The lowest BCUT2D eigenvalue weighted by atomic mass is 9.99.